The molecule has 19 nitrogen and oxygen atoms in total. The van der Waals surface area contributed by atoms with Crippen LogP contribution >= 0.6 is 11.6 Å². The standard InChI is InChI=1S/C32H51ClN8O11/c1-18(2)8-6-5-7-9-22(37-27(47)23-11-20(44)14-35-39(23)26(46)16-42)29(49)41-25(10-19(33)13-34-41)30(50)40-24(12-21(45)15-36-40)28(48)38-32(3,17-43)31(51)52-4/h5-8,18-25,34-36,42-45H,9-17H2,1-4H3,(H,37,47)(H,38,48)/b7-5+,8-6+/t19-,20+,21-,22-,23+,24-,25+,32-/m0/s1. The summed E-state index contributed by atoms with van der Waals surface area (Å²) in [6, 6.07) is -5.37. The molecule has 0 spiro atoms. The second kappa shape index (κ2) is 19.4. The van der Waals surface area contributed by atoms with Gasteiger partial charge in [-0.25, -0.2) is 21.1 Å². The molecule has 3 aliphatic heterocycles. The van der Waals surface area contributed by atoms with Gasteiger partial charge in [-0.05, 0) is 25.7 Å². The molecule has 3 fully saturated rings. The van der Waals surface area contributed by atoms with Crippen molar-refractivity contribution in [1.29, 1.82) is 0 Å². The van der Waals surface area contributed by atoms with Gasteiger partial charge in [0.05, 0.1) is 31.3 Å². The number of hydrogen-bond donors (Lipinski definition) is 9. The van der Waals surface area contributed by atoms with Crippen molar-refractivity contribution in [2.24, 2.45) is 5.92 Å². The zero-order valence-corrected chi connectivity index (χ0v) is 30.4. The molecule has 5 amide bonds. The number of β-amino-alcohol motifs (C(OH)–C–C–N with tert-alkyl or cyclic N) is 2. The molecular weight excluding hydrogens is 708 g/mol. The van der Waals surface area contributed by atoms with Gasteiger partial charge in [-0.1, -0.05) is 38.2 Å². The van der Waals surface area contributed by atoms with E-state index in [1.807, 2.05) is 19.9 Å². The minimum Gasteiger partial charge on any atom is -0.467 e. The number of hydrogen-bond acceptors (Lipinski definition) is 14. The van der Waals surface area contributed by atoms with Gasteiger partial charge in [-0.2, -0.15) is 0 Å². The number of allylic oxidation sites excluding steroid dienone is 3. The predicted octanol–water partition coefficient (Wildman–Crippen LogP) is -3.69. The molecule has 292 valence electrons. The SMILES string of the molecule is COC(=O)[C@](C)(CO)NC(=O)[C@@H]1C[C@H](O)CNN1C(=O)[C@H]1C[C@H](Cl)CNN1C(=O)[C@H](C/C=C/C=C/C(C)C)NC(=O)[C@H]1C[C@@H](O)CNN1C(=O)CO. The van der Waals surface area contributed by atoms with Gasteiger partial charge in [-0.3, -0.25) is 39.0 Å². The first-order valence-electron chi connectivity index (χ1n) is 17.0. The number of esters is 1. The molecular formula is C32H51ClN8O11. The molecule has 0 aromatic rings. The highest BCUT2D eigenvalue weighted by atomic mass is 35.5. The molecule has 3 saturated heterocycles. The first kappa shape index (κ1) is 42.7. The highest BCUT2D eigenvalue weighted by Crippen LogP contribution is 2.23. The Bertz CT molecular complexity index is 1370. The highest BCUT2D eigenvalue weighted by molar-refractivity contribution is 6.21. The molecule has 0 unspecified atom stereocenters. The number of rotatable bonds is 13. The summed E-state index contributed by atoms with van der Waals surface area (Å²) in [5, 5.41) is 47.2. The van der Waals surface area contributed by atoms with E-state index >= 15 is 0 Å². The van der Waals surface area contributed by atoms with Crippen LogP contribution in [0.25, 0.3) is 0 Å². The maximum atomic E-state index is 14.3. The van der Waals surface area contributed by atoms with Crippen molar-refractivity contribution in [3.63, 3.8) is 0 Å². The second-order valence-electron chi connectivity index (χ2n) is 13.4. The van der Waals surface area contributed by atoms with Crippen LogP contribution in [-0.2, 0) is 33.5 Å². The van der Waals surface area contributed by atoms with E-state index in [9.17, 15) is 49.2 Å². The number of ether oxygens (including phenoxy) is 1. The average molecular weight is 759 g/mol. The molecule has 20 heteroatoms. The number of aliphatic hydroxyl groups is 4. The van der Waals surface area contributed by atoms with E-state index in [2.05, 4.69) is 26.9 Å². The summed E-state index contributed by atoms with van der Waals surface area (Å²) in [5.41, 5.74) is 6.30. The van der Waals surface area contributed by atoms with E-state index in [0.29, 0.717) is 0 Å². The fourth-order valence-corrected chi connectivity index (χ4v) is 6.09. The van der Waals surface area contributed by atoms with Crippen LogP contribution in [0.1, 0.15) is 46.5 Å². The van der Waals surface area contributed by atoms with Gasteiger partial charge in [-0.15, -0.1) is 11.6 Å². The minimum absolute atomic E-state index is 0.0479. The largest absolute Gasteiger partial charge is 0.467 e. The molecule has 3 rings (SSSR count). The summed E-state index contributed by atoms with van der Waals surface area (Å²) in [5.74, 6) is -4.82. The maximum absolute atomic E-state index is 14.3. The first-order valence-corrected chi connectivity index (χ1v) is 17.4. The van der Waals surface area contributed by atoms with Crippen LogP contribution in [0.5, 0.6) is 0 Å². The van der Waals surface area contributed by atoms with Crippen LogP contribution in [0.3, 0.4) is 0 Å². The van der Waals surface area contributed by atoms with Crippen LogP contribution < -0.4 is 26.9 Å². The zero-order chi connectivity index (χ0) is 38.7. The highest BCUT2D eigenvalue weighted by Gasteiger charge is 2.47. The van der Waals surface area contributed by atoms with Gasteiger partial charge in [0.25, 0.3) is 17.7 Å². The third-order valence-corrected chi connectivity index (χ3v) is 9.06. The van der Waals surface area contributed by atoms with Crippen molar-refractivity contribution < 1.29 is 53.9 Å². The summed E-state index contributed by atoms with van der Waals surface area (Å²) in [6.07, 6.45) is 4.29. The van der Waals surface area contributed by atoms with Gasteiger partial charge in [0.1, 0.15) is 30.8 Å². The number of halogens is 1. The summed E-state index contributed by atoms with van der Waals surface area (Å²) in [6.45, 7) is 3.29. The lowest BCUT2D eigenvalue weighted by atomic mass is 9.98. The Kier molecular flexibility index (Phi) is 15.9. The zero-order valence-electron chi connectivity index (χ0n) is 29.7. The van der Waals surface area contributed by atoms with Crippen LogP contribution in [-0.4, -0.2) is 158 Å². The van der Waals surface area contributed by atoms with Crippen molar-refractivity contribution in [3.05, 3.63) is 24.3 Å². The van der Waals surface area contributed by atoms with Crippen molar-refractivity contribution >= 4 is 47.1 Å². The lowest BCUT2D eigenvalue weighted by molar-refractivity contribution is -0.163. The van der Waals surface area contributed by atoms with Gasteiger partial charge in [0.2, 0.25) is 11.8 Å². The molecule has 0 aliphatic carbocycles. The molecule has 0 radical (unpaired) electrons. The molecule has 8 atom stereocenters. The van der Waals surface area contributed by atoms with E-state index in [1.54, 1.807) is 18.2 Å². The predicted molar refractivity (Wildman–Crippen MR) is 184 cm³/mol. The Morgan fingerprint density at radius 3 is 2.06 bits per heavy atom. The Balaban J connectivity index is 1.93. The van der Waals surface area contributed by atoms with Crippen LogP contribution in [0.2, 0.25) is 0 Å². The number of carbonyl (C=O) groups is 6. The van der Waals surface area contributed by atoms with E-state index in [0.717, 1.165) is 22.1 Å². The topological polar surface area (TPSA) is 262 Å². The lowest BCUT2D eigenvalue weighted by Gasteiger charge is -2.44. The van der Waals surface area contributed by atoms with E-state index in [-0.39, 0.29) is 51.2 Å². The Labute approximate surface area is 306 Å². The maximum Gasteiger partial charge on any atom is 0.333 e. The normalized spacial score (nSPS) is 27.3. The summed E-state index contributed by atoms with van der Waals surface area (Å²) >= 11 is 6.46. The van der Waals surface area contributed by atoms with Gasteiger partial charge >= 0.3 is 5.97 Å². The summed E-state index contributed by atoms with van der Waals surface area (Å²) < 4.78 is 4.70. The molecule has 0 aromatic carbocycles. The molecule has 0 saturated carbocycles. The van der Waals surface area contributed by atoms with E-state index < -0.39 is 96.0 Å². The Morgan fingerprint density at radius 1 is 0.885 bits per heavy atom. The number of methoxy groups -OCH3 is 1. The van der Waals surface area contributed by atoms with Gasteiger partial charge in [0.15, 0.2) is 5.54 Å². The number of nitrogens with one attached hydrogen (secondary N) is 5. The second-order valence-corrected chi connectivity index (χ2v) is 14.0. The smallest absolute Gasteiger partial charge is 0.333 e. The minimum atomic E-state index is -1.87. The van der Waals surface area contributed by atoms with Gasteiger partial charge < -0.3 is 35.8 Å². The third-order valence-electron chi connectivity index (χ3n) is 8.73. The monoisotopic (exact) mass is 758 g/mol. The fraction of sp³-hybridized carbons (Fsp3) is 0.688. The molecule has 3 aliphatic rings. The van der Waals surface area contributed by atoms with E-state index in [1.165, 1.54) is 6.92 Å². The summed E-state index contributed by atoms with van der Waals surface area (Å²) in [7, 11) is 1.07. The van der Waals surface area contributed by atoms with Crippen LogP contribution in [0.4, 0.5) is 0 Å². The molecule has 0 aromatic heterocycles. The Morgan fingerprint density at radius 2 is 1.48 bits per heavy atom. The van der Waals surface area contributed by atoms with Crippen LogP contribution in [0, 0.1) is 5.92 Å². The number of aliphatic hydroxyl groups excluding tert-OH is 4. The lowest BCUT2D eigenvalue weighted by Crippen LogP contribution is -2.71. The van der Waals surface area contributed by atoms with E-state index in [4.69, 9.17) is 16.3 Å². The quantitative estimate of drug-likeness (QED) is 0.0498. The van der Waals surface area contributed by atoms with Crippen molar-refractivity contribution in [3.8, 4) is 0 Å². The number of amides is 5. The van der Waals surface area contributed by atoms with Crippen molar-refractivity contribution in [2.45, 2.75) is 93.7 Å². The first-order chi connectivity index (χ1) is 24.6. The molecule has 9 N–H and O–H groups in total. The fourth-order valence-electron chi connectivity index (χ4n) is 5.85. The van der Waals surface area contributed by atoms with Crippen molar-refractivity contribution in [1.82, 2.24) is 41.9 Å². The third kappa shape index (κ3) is 10.9. The number of hydrazine groups is 3. The molecule has 3 heterocycles. The number of alkyl halides is 1. The molecule has 52 heavy (non-hydrogen) atoms. The molecule has 0 bridgehead atoms. The van der Waals surface area contributed by atoms with Crippen molar-refractivity contribution in [2.75, 3.05) is 40.0 Å². The Hall–Kier alpha value is -3.69. The number of carbonyl (C=O) groups excluding carboxylic acids is 6. The van der Waals surface area contributed by atoms with Gasteiger partial charge in [0, 0.05) is 32.5 Å². The van der Waals surface area contributed by atoms with Crippen LogP contribution in [0.15, 0.2) is 24.3 Å². The summed E-state index contributed by atoms with van der Waals surface area (Å²) in [4.78, 5) is 80.4. The number of nitrogens with zero attached hydrogens (tertiary/aromatic N) is 3. The average Bonchev–Trinajstić information content (AvgIpc) is 3.12.